The highest BCUT2D eigenvalue weighted by molar-refractivity contribution is 4.63. The van der Waals surface area contributed by atoms with Crippen molar-refractivity contribution in [3.63, 3.8) is 0 Å². The van der Waals surface area contributed by atoms with Crippen LogP contribution >= 0.6 is 0 Å². The predicted molar refractivity (Wildman–Crippen MR) is 51.8 cm³/mol. The summed E-state index contributed by atoms with van der Waals surface area (Å²) < 4.78 is 0. The first-order valence-corrected chi connectivity index (χ1v) is 4.80. The zero-order valence-corrected chi connectivity index (χ0v) is 8.72. The highest BCUT2D eigenvalue weighted by Gasteiger charge is 2.11. The quantitative estimate of drug-likeness (QED) is 0.593. The Hall–Kier alpha value is -0.0400. The van der Waals surface area contributed by atoms with Crippen LogP contribution in [0.2, 0.25) is 0 Å². The Labute approximate surface area is 71.8 Å². The SMILES string of the molecule is CC[C@H](C)C(C)CN(C)CC. The molecule has 0 rings (SSSR count). The first-order valence-electron chi connectivity index (χ1n) is 4.80. The molecule has 0 saturated carbocycles. The molecule has 68 valence electrons. The average Bonchev–Trinajstić information content (AvgIpc) is 2.02. The number of rotatable bonds is 5. The maximum absolute atomic E-state index is 2.39. The van der Waals surface area contributed by atoms with Crippen LogP contribution in [0, 0.1) is 11.8 Å². The average molecular weight is 157 g/mol. The van der Waals surface area contributed by atoms with Gasteiger partial charge in [0, 0.05) is 6.54 Å². The van der Waals surface area contributed by atoms with Gasteiger partial charge in [-0.05, 0) is 25.4 Å². The van der Waals surface area contributed by atoms with E-state index in [4.69, 9.17) is 0 Å². The van der Waals surface area contributed by atoms with Crippen LogP contribution in [0.1, 0.15) is 34.1 Å². The molecule has 0 fully saturated rings. The van der Waals surface area contributed by atoms with Crippen LogP contribution in [0.3, 0.4) is 0 Å². The van der Waals surface area contributed by atoms with Crippen LogP contribution in [0.25, 0.3) is 0 Å². The van der Waals surface area contributed by atoms with Gasteiger partial charge in [0.25, 0.3) is 0 Å². The van der Waals surface area contributed by atoms with E-state index in [2.05, 4.69) is 39.6 Å². The molecular weight excluding hydrogens is 134 g/mol. The molecule has 1 nitrogen and oxygen atoms in total. The molecule has 0 aromatic heterocycles. The Morgan fingerprint density at radius 3 is 2.00 bits per heavy atom. The molecule has 0 aliphatic rings. The summed E-state index contributed by atoms with van der Waals surface area (Å²) in [6, 6.07) is 0. The number of hydrogen-bond acceptors (Lipinski definition) is 1. The maximum atomic E-state index is 2.39. The third-order valence-electron chi connectivity index (χ3n) is 2.75. The Balaban J connectivity index is 3.58. The van der Waals surface area contributed by atoms with Crippen molar-refractivity contribution in [3.8, 4) is 0 Å². The topological polar surface area (TPSA) is 3.24 Å². The summed E-state index contributed by atoms with van der Waals surface area (Å²) in [6.45, 7) is 11.6. The summed E-state index contributed by atoms with van der Waals surface area (Å²) in [7, 11) is 2.19. The largest absolute Gasteiger partial charge is 0.306 e. The lowest BCUT2D eigenvalue weighted by Crippen LogP contribution is -2.27. The van der Waals surface area contributed by atoms with Crippen molar-refractivity contribution < 1.29 is 0 Å². The summed E-state index contributed by atoms with van der Waals surface area (Å²) in [6.07, 6.45) is 1.30. The molecule has 0 bridgehead atoms. The highest BCUT2D eigenvalue weighted by Crippen LogP contribution is 2.14. The molecular formula is C10H23N. The monoisotopic (exact) mass is 157 g/mol. The van der Waals surface area contributed by atoms with Gasteiger partial charge in [0.05, 0.1) is 0 Å². The van der Waals surface area contributed by atoms with Crippen molar-refractivity contribution in [2.24, 2.45) is 11.8 Å². The Bertz CT molecular complexity index is 90.9. The van der Waals surface area contributed by atoms with Gasteiger partial charge in [0.2, 0.25) is 0 Å². The van der Waals surface area contributed by atoms with Crippen molar-refractivity contribution in [1.29, 1.82) is 0 Å². The minimum atomic E-state index is 0.838. The summed E-state index contributed by atoms with van der Waals surface area (Å²) in [5, 5.41) is 0. The van der Waals surface area contributed by atoms with Gasteiger partial charge in [0.15, 0.2) is 0 Å². The fourth-order valence-corrected chi connectivity index (χ4v) is 1.20. The third kappa shape index (κ3) is 4.41. The summed E-state index contributed by atoms with van der Waals surface area (Å²) in [4.78, 5) is 2.39. The van der Waals surface area contributed by atoms with Crippen LogP contribution < -0.4 is 0 Å². The minimum Gasteiger partial charge on any atom is -0.306 e. The van der Waals surface area contributed by atoms with E-state index in [1.165, 1.54) is 19.5 Å². The lowest BCUT2D eigenvalue weighted by atomic mass is 9.93. The second-order valence-electron chi connectivity index (χ2n) is 3.72. The van der Waals surface area contributed by atoms with Gasteiger partial charge in [-0.2, -0.15) is 0 Å². The molecule has 0 spiro atoms. The molecule has 2 atom stereocenters. The van der Waals surface area contributed by atoms with Gasteiger partial charge in [-0.3, -0.25) is 0 Å². The van der Waals surface area contributed by atoms with Crippen LogP contribution in [0.15, 0.2) is 0 Å². The van der Waals surface area contributed by atoms with Gasteiger partial charge in [0.1, 0.15) is 0 Å². The Morgan fingerprint density at radius 1 is 1.09 bits per heavy atom. The zero-order valence-electron chi connectivity index (χ0n) is 8.72. The first kappa shape index (κ1) is 11.0. The lowest BCUT2D eigenvalue weighted by molar-refractivity contribution is 0.246. The van der Waals surface area contributed by atoms with E-state index in [0.717, 1.165) is 11.8 Å². The number of nitrogens with zero attached hydrogens (tertiary/aromatic N) is 1. The van der Waals surface area contributed by atoms with Crippen molar-refractivity contribution >= 4 is 0 Å². The molecule has 0 saturated heterocycles. The van der Waals surface area contributed by atoms with E-state index in [1.54, 1.807) is 0 Å². The second-order valence-corrected chi connectivity index (χ2v) is 3.72. The molecule has 0 heterocycles. The summed E-state index contributed by atoms with van der Waals surface area (Å²) in [5.74, 6) is 1.70. The van der Waals surface area contributed by atoms with E-state index in [1.807, 2.05) is 0 Å². The summed E-state index contributed by atoms with van der Waals surface area (Å²) in [5.41, 5.74) is 0. The molecule has 0 aromatic rings. The van der Waals surface area contributed by atoms with Crippen LogP contribution in [0.4, 0.5) is 0 Å². The Morgan fingerprint density at radius 2 is 1.64 bits per heavy atom. The highest BCUT2D eigenvalue weighted by atomic mass is 15.1. The van der Waals surface area contributed by atoms with Crippen LogP contribution in [0.5, 0.6) is 0 Å². The standard InChI is InChI=1S/C10H23N/c1-6-9(3)10(4)8-11(5)7-2/h9-10H,6-8H2,1-5H3/t9-,10?/m0/s1. The van der Waals surface area contributed by atoms with E-state index in [-0.39, 0.29) is 0 Å². The molecule has 11 heavy (non-hydrogen) atoms. The molecule has 0 radical (unpaired) electrons. The Kier molecular flexibility index (Phi) is 5.57. The van der Waals surface area contributed by atoms with E-state index < -0.39 is 0 Å². The summed E-state index contributed by atoms with van der Waals surface area (Å²) >= 11 is 0. The van der Waals surface area contributed by atoms with Crippen molar-refractivity contribution in [3.05, 3.63) is 0 Å². The fraction of sp³-hybridized carbons (Fsp3) is 1.00. The fourth-order valence-electron chi connectivity index (χ4n) is 1.20. The van der Waals surface area contributed by atoms with Gasteiger partial charge in [-0.15, -0.1) is 0 Å². The van der Waals surface area contributed by atoms with Gasteiger partial charge in [-0.25, -0.2) is 0 Å². The zero-order chi connectivity index (χ0) is 8.85. The molecule has 0 amide bonds. The second kappa shape index (κ2) is 5.59. The molecule has 0 N–H and O–H groups in total. The van der Waals surface area contributed by atoms with E-state index in [9.17, 15) is 0 Å². The van der Waals surface area contributed by atoms with E-state index in [0.29, 0.717) is 0 Å². The van der Waals surface area contributed by atoms with Crippen LogP contribution in [-0.2, 0) is 0 Å². The van der Waals surface area contributed by atoms with Crippen LogP contribution in [-0.4, -0.2) is 25.0 Å². The molecule has 0 aliphatic heterocycles. The van der Waals surface area contributed by atoms with Gasteiger partial charge in [-0.1, -0.05) is 34.1 Å². The van der Waals surface area contributed by atoms with Crippen molar-refractivity contribution in [1.82, 2.24) is 4.90 Å². The van der Waals surface area contributed by atoms with Crippen molar-refractivity contribution in [2.75, 3.05) is 20.1 Å². The molecule has 1 heteroatoms. The first-order chi connectivity index (χ1) is 5.11. The molecule has 0 aromatic carbocycles. The maximum Gasteiger partial charge on any atom is 0.000639 e. The smallest absolute Gasteiger partial charge is 0.000639 e. The predicted octanol–water partition coefficient (Wildman–Crippen LogP) is 2.62. The van der Waals surface area contributed by atoms with E-state index >= 15 is 0 Å². The molecule has 1 unspecified atom stereocenters. The van der Waals surface area contributed by atoms with Crippen molar-refractivity contribution in [2.45, 2.75) is 34.1 Å². The van der Waals surface area contributed by atoms with Gasteiger partial charge < -0.3 is 4.90 Å². The van der Waals surface area contributed by atoms with Gasteiger partial charge >= 0.3 is 0 Å². The minimum absolute atomic E-state index is 0.838. The number of hydrogen-bond donors (Lipinski definition) is 0. The molecule has 0 aliphatic carbocycles. The third-order valence-corrected chi connectivity index (χ3v) is 2.75. The normalized spacial score (nSPS) is 16.9. The lowest BCUT2D eigenvalue weighted by Gasteiger charge is -2.23.